The zero-order valence-corrected chi connectivity index (χ0v) is 7.56. The standard InChI is InChI=1S/C8H11O3P/c9-6-7-11-12(10)8-4-2-1-3-5-8/h1-5,9,12H,6-7H2. The van der Waals surface area contributed by atoms with E-state index in [1.165, 1.54) is 0 Å². The van der Waals surface area contributed by atoms with Gasteiger partial charge in [0.1, 0.15) is 0 Å². The average Bonchev–Trinajstić information content (AvgIpc) is 2.15. The lowest BCUT2D eigenvalue weighted by Gasteiger charge is -2.01. The first-order chi connectivity index (χ1) is 5.84. The minimum absolute atomic E-state index is 0.0940. The maximum Gasteiger partial charge on any atom is 0.220 e. The minimum atomic E-state index is -2.14. The van der Waals surface area contributed by atoms with Gasteiger partial charge in [0.2, 0.25) is 8.03 Å². The molecule has 1 rings (SSSR count). The molecule has 4 heteroatoms. The van der Waals surface area contributed by atoms with Gasteiger partial charge in [0, 0.05) is 5.30 Å². The van der Waals surface area contributed by atoms with Crippen LogP contribution in [0.2, 0.25) is 0 Å². The van der Waals surface area contributed by atoms with E-state index in [0.29, 0.717) is 5.30 Å². The summed E-state index contributed by atoms with van der Waals surface area (Å²) in [6.45, 7) is 0.0376. The van der Waals surface area contributed by atoms with Crippen LogP contribution in [0, 0.1) is 0 Å². The van der Waals surface area contributed by atoms with Crippen molar-refractivity contribution in [3.05, 3.63) is 30.3 Å². The van der Waals surface area contributed by atoms with Crippen molar-refractivity contribution in [3.8, 4) is 0 Å². The fraction of sp³-hybridized carbons (Fsp3) is 0.250. The fourth-order valence-electron chi connectivity index (χ4n) is 0.796. The van der Waals surface area contributed by atoms with E-state index < -0.39 is 8.03 Å². The normalized spacial score (nSPS) is 12.8. The van der Waals surface area contributed by atoms with Crippen LogP contribution < -0.4 is 5.30 Å². The van der Waals surface area contributed by atoms with Gasteiger partial charge >= 0.3 is 0 Å². The smallest absolute Gasteiger partial charge is 0.220 e. The van der Waals surface area contributed by atoms with Crippen molar-refractivity contribution in [3.63, 3.8) is 0 Å². The molecule has 0 radical (unpaired) electrons. The molecule has 0 aliphatic heterocycles. The summed E-state index contributed by atoms with van der Waals surface area (Å²) in [6, 6.07) is 8.96. The zero-order valence-electron chi connectivity index (χ0n) is 6.56. The highest BCUT2D eigenvalue weighted by atomic mass is 31.1. The first-order valence-corrected chi connectivity index (χ1v) is 4.99. The Labute approximate surface area is 71.9 Å². The van der Waals surface area contributed by atoms with Gasteiger partial charge in [-0.15, -0.1) is 0 Å². The number of hydrogen-bond donors (Lipinski definition) is 1. The van der Waals surface area contributed by atoms with Gasteiger partial charge in [-0.2, -0.15) is 0 Å². The van der Waals surface area contributed by atoms with E-state index in [1.807, 2.05) is 6.07 Å². The number of aliphatic hydroxyl groups excluding tert-OH is 1. The Hall–Kier alpha value is -0.630. The lowest BCUT2D eigenvalue weighted by molar-refractivity contribution is 0.210. The summed E-state index contributed by atoms with van der Waals surface area (Å²) >= 11 is 0. The average molecular weight is 186 g/mol. The monoisotopic (exact) mass is 186 g/mol. The summed E-state index contributed by atoms with van der Waals surface area (Å²) in [6.07, 6.45) is 0. The molecule has 1 aromatic rings. The lowest BCUT2D eigenvalue weighted by atomic mass is 10.4. The van der Waals surface area contributed by atoms with E-state index in [1.54, 1.807) is 24.3 Å². The molecule has 0 saturated heterocycles. The van der Waals surface area contributed by atoms with Crippen molar-refractivity contribution < 1.29 is 14.2 Å². The molecule has 0 amide bonds. The van der Waals surface area contributed by atoms with Crippen molar-refractivity contribution in [2.45, 2.75) is 0 Å². The van der Waals surface area contributed by atoms with Crippen molar-refractivity contribution in [2.24, 2.45) is 0 Å². The lowest BCUT2D eigenvalue weighted by Crippen LogP contribution is -2.00. The highest BCUT2D eigenvalue weighted by Crippen LogP contribution is 2.19. The molecule has 1 atom stereocenters. The molecular weight excluding hydrogens is 175 g/mol. The quantitative estimate of drug-likeness (QED) is 0.707. The van der Waals surface area contributed by atoms with Crippen LogP contribution in [-0.2, 0) is 9.09 Å². The maximum atomic E-state index is 11.3. The van der Waals surface area contributed by atoms with E-state index in [9.17, 15) is 4.57 Å². The van der Waals surface area contributed by atoms with E-state index in [-0.39, 0.29) is 13.2 Å². The molecule has 3 nitrogen and oxygen atoms in total. The second kappa shape index (κ2) is 5.09. The van der Waals surface area contributed by atoms with Gasteiger partial charge in [0.05, 0.1) is 13.2 Å². The Bertz CT molecular complexity index is 248. The molecule has 0 heterocycles. The Morgan fingerprint density at radius 2 is 2.00 bits per heavy atom. The van der Waals surface area contributed by atoms with E-state index in [2.05, 4.69) is 0 Å². The molecule has 0 fully saturated rings. The van der Waals surface area contributed by atoms with Crippen LogP contribution in [0.15, 0.2) is 30.3 Å². The molecule has 1 N–H and O–H groups in total. The van der Waals surface area contributed by atoms with E-state index in [0.717, 1.165) is 0 Å². The third-order valence-electron chi connectivity index (χ3n) is 1.33. The van der Waals surface area contributed by atoms with E-state index in [4.69, 9.17) is 9.63 Å². The summed E-state index contributed by atoms with van der Waals surface area (Å²) in [7, 11) is -2.14. The predicted molar refractivity (Wildman–Crippen MR) is 48.1 cm³/mol. The first-order valence-electron chi connectivity index (χ1n) is 3.67. The molecule has 0 aliphatic carbocycles. The van der Waals surface area contributed by atoms with Gasteiger partial charge in [0.15, 0.2) is 0 Å². The summed E-state index contributed by atoms with van der Waals surface area (Å²) in [4.78, 5) is 0. The highest BCUT2D eigenvalue weighted by molar-refractivity contribution is 7.48. The topological polar surface area (TPSA) is 46.5 Å². The second-order valence-corrected chi connectivity index (χ2v) is 3.67. The molecule has 12 heavy (non-hydrogen) atoms. The summed E-state index contributed by atoms with van der Waals surface area (Å²) in [5, 5.41) is 9.11. The fourth-order valence-corrected chi connectivity index (χ4v) is 1.70. The van der Waals surface area contributed by atoms with Crippen molar-refractivity contribution in [1.82, 2.24) is 0 Å². The Morgan fingerprint density at radius 1 is 1.33 bits per heavy atom. The Balaban J connectivity index is 2.54. The minimum Gasteiger partial charge on any atom is -0.394 e. The van der Waals surface area contributed by atoms with Gasteiger partial charge in [-0.1, -0.05) is 18.2 Å². The molecule has 0 saturated carbocycles. The molecule has 66 valence electrons. The summed E-state index contributed by atoms with van der Waals surface area (Å²) in [5.74, 6) is 0. The predicted octanol–water partition coefficient (Wildman–Crippen LogP) is 0.795. The largest absolute Gasteiger partial charge is 0.394 e. The molecule has 0 aromatic heterocycles. The van der Waals surface area contributed by atoms with Crippen molar-refractivity contribution in [2.75, 3.05) is 13.2 Å². The number of rotatable bonds is 4. The highest BCUT2D eigenvalue weighted by Gasteiger charge is 2.00. The number of benzene rings is 1. The number of aliphatic hydroxyl groups is 1. The van der Waals surface area contributed by atoms with Gasteiger partial charge < -0.3 is 9.63 Å². The zero-order chi connectivity index (χ0) is 8.81. The molecule has 0 spiro atoms. The maximum absolute atomic E-state index is 11.3. The molecule has 1 aromatic carbocycles. The van der Waals surface area contributed by atoms with Crippen molar-refractivity contribution in [1.29, 1.82) is 0 Å². The molecule has 1 unspecified atom stereocenters. The third kappa shape index (κ3) is 2.78. The van der Waals surface area contributed by atoms with Crippen LogP contribution in [0.25, 0.3) is 0 Å². The molecule has 0 aliphatic rings. The van der Waals surface area contributed by atoms with Crippen LogP contribution >= 0.6 is 8.03 Å². The van der Waals surface area contributed by atoms with Crippen LogP contribution in [-0.4, -0.2) is 18.3 Å². The van der Waals surface area contributed by atoms with Crippen LogP contribution in [0.3, 0.4) is 0 Å². The molecular formula is C8H11O3P. The second-order valence-electron chi connectivity index (χ2n) is 2.23. The number of hydrogen-bond acceptors (Lipinski definition) is 3. The Kier molecular flexibility index (Phi) is 4.01. The van der Waals surface area contributed by atoms with Gasteiger partial charge in [-0.25, -0.2) is 0 Å². The third-order valence-corrected chi connectivity index (χ3v) is 2.60. The SMILES string of the molecule is O=[PH](OCCO)c1ccccc1. The van der Waals surface area contributed by atoms with Crippen molar-refractivity contribution >= 4 is 13.3 Å². The van der Waals surface area contributed by atoms with Crippen LogP contribution in [0.5, 0.6) is 0 Å². The summed E-state index contributed by atoms with van der Waals surface area (Å²) in [5.41, 5.74) is 0. The summed E-state index contributed by atoms with van der Waals surface area (Å²) < 4.78 is 16.1. The Morgan fingerprint density at radius 3 is 2.58 bits per heavy atom. The van der Waals surface area contributed by atoms with Crippen LogP contribution in [0.4, 0.5) is 0 Å². The van der Waals surface area contributed by atoms with Crippen LogP contribution in [0.1, 0.15) is 0 Å². The molecule has 0 bridgehead atoms. The van der Waals surface area contributed by atoms with Gasteiger partial charge in [-0.05, 0) is 12.1 Å². The van der Waals surface area contributed by atoms with Gasteiger partial charge in [-0.3, -0.25) is 4.57 Å². The van der Waals surface area contributed by atoms with E-state index >= 15 is 0 Å². The van der Waals surface area contributed by atoms with Gasteiger partial charge in [0.25, 0.3) is 0 Å². The first kappa shape index (κ1) is 9.46.